The minimum absolute atomic E-state index is 0.0888. The van der Waals surface area contributed by atoms with Crippen LogP contribution in [0.5, 0.6) is 5.75 Å². The third-order valence-electron chi connectivity index (χ3n) is 2.62. The van der Waals surface area contributed by atoms with Crippen molar-refractivity contribution in [1.82, 2.24) is 4.98 Å². The first-order valence-corrected chi connectivity index (χ1v) is 7.44. The summed E-state index contributed by atoms with van der Waals surface area (Å²) in [5.41, 5.74) is 7.06. The van der Waals surface area contributed by atoms with Crippen LogP contribution in [0.1, 0.15) is 18.5 Å². The molecule has 0 radical (unpaired) electrons. The van der Waals surface area contributed by atoms with Gasteiger partial charge in [0.05, 0.1) is 7.11 Å². The molecule has 2 aromatic rings. The number of rotatable bonds is 4. The van der Waals surface area contributed by atoms with E-state index in [1.165, 1.54) is 0 Å². The van der Waals surface area contributed by atoms with Crippen LogP contribution in [0, 0.1) is 0 Å². The second kappa shape index (κ2) is 6.41. The minimum atomic E-state index is -0.0888. The van der Waals surface area contributed by atoms with E-state index in [0.717, 1.165) is 25.7 Å². The van der Waals surface area contributed by atoms with E-state index >= 15 is 0 Å². The van der Waals surface area contributed by atoms with Crippen LogP contribution >= 0.6 is 27.7 Å². The average Bonchev–Trinajstić information content (AvgIpc) is 2.40. The number of nitrogens with zero attached hydrogens (tertiary/aromatic N) is 1. The van der Waals surface area contributed by atoms with Gasteiger partial charge in [-0.1, -0.05) is 17.8 Å². The lowest BCUT2D eigenvalue weighted by Gasteiger charge is -2.16. The van der Waals surface area contributed by atoms with Crippen molar-refractivity contribution >= 4 is 27.7 Å². The molecule has 0 aliphatic rings. The van der Waals surface area contributed by atoms with Crippen molar-refractivity contribution in [2.45, 2.75) is 22.9 Å². The fraction of sp³-hybridized carbons (Fsp3) is 0.214. The van der Waals surface area contributed by atoms with Gasteiger partial charge in [-0.15, -0.1) is 0 Å². The molecule has 1 atom stereocenters. The van der Waals surface area contributed by atoms with Crippen molar-refractivity contribution in [3.05, 3.63) is 46.6 Å². The zero-order valence-electron chi connectivity index (χ0n) is 10.8. The molecule has 0 amide bonds. The number of ether oxygens (including phenoxy) is 1. The molecule has 0 saturated carbocycles. The lowest BCUT2D eigenvalue weighted by molar-refractivity contribution is 0.405. The third-order valence-corrected chi connectivity index (χ3v) is 4.11. The van der Waals surface area contributed by atoms with Gasteiger partial charge in [0.1, 0.15) is 10.8 Å². The summed E-state index contributed by atoms with van der Waals surface area (Å²) in [5.74, 6) is 0.817. The van der Waals surface area contributed by atoms with Gasteiger partial charge in [-0.05, 0) is 47.1 Å². The van der Waals surface area contributed by atoms with Crippen LogP contribution in [0.2, 0.25) is 0 Å². The van der Waals surface area contributed by atoms with E-state index in [1.807, 2.05) is 37.3 Å². The summed E-state index contributed by atoms with van der Waals surface area (Å²) in [7, 11) is 1.66. The molecule has 0 bridgehead atoms. The molecule has 1 aromatic heterocycles. The van der Waals surface area contributed by atoms with Crippen LogP contribution < -0.4 is 10.5 Å². The van der Waals surface area contributed by atoms with Gasteiger partial charge in [0, 0.05) is 27.2 Å². The quantitative estimate of drug-likeness (QED) is 0.914. The Hall–Kier alpha value is -1.04. The number of aromatic nitrogens is 1. The van der Waals surface area contributed by atoms with Crippen molar-refractivity contribution in [3.8, 4) is 5.75 Å². The molecule has 19 heavy (non-hydrogen) atoms. The Morgan fingerprint density at radius 3 is 2.68 bits per heavy atom. The highest BCUT2D eigenvalue weighted by Crippen LogP contribution is 2.37. The van der Waals surface area contributed by atoms with Gasteiger partial charge < -0.3 is 10.5 Å². The molecule has 1 heterocycles. The molecule has 0 saturated heterocycles. The van der Waals surface area contributed by atoms with Gasteiger partial charge in [-0.25, -0.2) is 4.98 Å². The molecule has 100 valence electrons. The predicted octanol–water partition coefficient (Wildman–Crippen LogP) is 4.02. The number of benzene rings is 1. The van der Waals surface area contributed by atoms with Gasteiger partial charge >= 0.3 is 0 Å². The molecule has 0 spiro atoms. The van der Waals surface area contributed by atoms with Crippen LogP contribution in [0.25, 0.3) is 0 Å². The summed E-state index contributed by atoms with van der Waals surface area (Å²) in [4.78, 5) is 5.44. The Bertz CT molecular complexity index is 558. The second-order valence-corrected chi connectivity index (χ2v) is 6.06. The Balaban J connectivity index is 2.36. The molecule has 0 aliphatic heterocycles. The fourth-order valence-corrected chi connectivity index (χ4v) is 3.02. The SMILES string of the molecule is COc1cccc(Sc2ccc(Br)cn2)c1[C@H](C)N. The van der Waals surface area contributed by atoms with E-state index in [0.29, 0.717) is 0 Å². The van der Waals surface area contributed by atoms with Crippen molar-refractivity contribution < 1.29 is 4.74 Å². The highest BCUT2D eigenvalue weighted by atomic mass is 79.9. The number of methoxy groups -OCH3 is 1. The van der Waals surface area contributed by atoms with Crippen molar-refractivity contribution in [2.75, 3.05) is 7.11 Å². The smallest absolute Gasteiger partial charge is 0.124 e. The molecule has 5 heteroatoms. The van der Waals surface area contributed by atoms with E-state index < -0.39 is 0 Å². The predicted molar refractivity (Wildman–Crippen MR) is 81.7 cm³/mol. The maximum absolute atomic E-state index is 6.05. The van der Waals surface area contributed by atoms with Crippen LogP contribution in [0.3, 0.4) is 0 Å². The fourth-order valence-electron chi connectivity index (χ4n) is 1.77. The Labute approximate surface area is 125 Å². The van der Waals surface area contributed by atoms with Crippen molar-refractivity contribution in [2.24, 2.45) is 5.73 Å². The minimum Gasteiger partial charge on any atom is -0.496 e. The van der Waals surface area contributed by atoms with Gasteiger partial charge in [-0.2, -0.15) is 0 Å². The van der Waals surface area contributed by atoms with Crippen LogP contribution in [-0.2, 0) is 0 Å². The maximum atomic E-state index is 6.05. The summed E-state index contributed by atoms with van der Waals surface area (Å²) < 4.78 is 6.35. The van der Waals surface area contributed by atoms with E-state index in [4.69, 9.17) is 10.5 Å². The summed E-state index contributed by atoms with van der Waals surface area (Å²) in [6.07, 6.45) is 1.79. The first kappa shape index (κ1) is 14.4. The lowest BCUT2D eigenvalue weighted by atomic mass is 10.1. The van der Waals surface area contributed by atoms with E-state index in [2.05, 4.69) is 20.9 Å². The summed E-state index contributed by atoms with van der Waals surface area (Å²) in [5, 5.41) is 0.929. The van der Waals surface area contributed by atoms with Crippen molar-refractivity contribution in [3.63, 3.8) is 0 Å². The molecule has 3 nitrogen and oxygen atoms in total. The average molecular weight is 339 g/mol. The van der Waals surface area contributed by atoms with E-state index in [9.17, 15) is 0 Å². The second-order valence-electron chi connectivity index (χ2n) is 4.08. The summed E-state index contributed by atoms with van der Waals surface area (Å²) >= 11 is 4.97. The van der Waals surface area contributed by atoms with Crippen LogP contribution in [0.4, 0.5) is 0 Å². The normalized spacial score (nSPS) is 12.2. The molecular weight excluding hydrogens is 324 g/mol. The summed E-state index contributed by atoms with van der Waals surface area (Å²) in [6.45, 7) is 1.96. The standard InChI is InChI=1S/C14H15BrN2OS/c1-9(16)14-11(18-2)4-3-5-12(14)19-13-7-6-10(15)8-17-13/h3-9H,16H2,1-2H3/t9-/m0/s1. The maximum Gasteiger partial charge on any atom is 0.124 e. The van der Waals surface area contributed by atoms with Gasteiger partial charge in [0.25, 0.3) is 0 Å². The Morgan fingerprint density at radius 2 is 2.11 bits per heavy atom. The first-order chi connectivity index (χ1) is 9.11. The first-order valence-electron chi connectivity index (χ1n) is 5.83. The largest absolute Gasteiger partial charge is 0.496 e. The van der Waals surface area contributed by atoms with Gasteiger partial charge in [0.15, 0.2) is 0 Å². The van der Waals surface area contributed by atoms with E-state index in [-0.39, 0.29) is 6.04 Å². The number of halogens is 1. The zero-order chi connectivity index (χ0) is 13.8. The van der Waals surface area contributed by atoms with Crippen LogP contribution in [0.15, 0.2) is 50.9 Å². The Kier molecular flexibility index (Phi) is 4.85. The number of pyridine rings is 1. The number of hydrogen-bond acceptors (Lipinski definition) is 4. The van der Waals surface area contributed by atoms with Crippen LogP contribution in [-0.4, -0.2) is 12.1 Å². The molecule has 1 aromatic carbocycles. The molecule has 0 fully saturated rings. The monoisotopic (exact) mass is 338 g/mol. The number of hydrogen-bond donors (Lipinski definition) is 1. The lowest BCUT2D eigenvalue weighted by Crippen LogP contribution is -2.08. The molecule has 2 N–H and O–H groups in total. The highest BCUT2D eigenvalue weighted by molar-refractivity contribution is 9.10. The van der Waals surface area contributed by atoms with Gasteiger partial charge in [-0.3, -0.25) is 0 Å². The highest BCUT2D eigenvalue weighted by Gasteiger charge is 2.14. The zero-order valence-corrected chi connectivity index (χ0v) is 13.2. The topological polar surface area (TPSA) is 48.1 Å². The van der Waals surface area contributed by atoms with E-state index in [1.54, 1.807) is 25.1 Å². The third kappa shape index (κ3) is 3.49. The molecule has 0 unspecified atom stereocenters. The summed E-state index contributed by atoms with van der Waals surface area (Å²) in [6, 6.07) is 9.79. The molecule has 2 rings (SSSR count). The van der Waals surface area contributed by atoms with Crippen molar-refractivity contribution in [1.29, 1.82) is 0 Å². The van der Waals surface area contributed by atoms with Gasteiger partial charge in [0.2, 0.25) is 0 Å². The number of nitrogens with two attached hydrogens (primary N) is 1. The Morgan fingerprint density at radius 1 is 1.32 bits per heavy atom. The molecule has 0 aliphatic carbocycles. The molecular formula is C14H15BrN2OS.